The van der Waals surface area contributed by atoms with Crippen molar-refractivity contribution in [2.75, 3.05) is 0 Å². The molecule has 1 unspecified atom stereocenters. The van der Waals surface area contributed by atoms with Gasteiger partial charge < -0.3 is 5.73 Å². The van der Waals surface area contributed by atoms with E-state index in [1.165, 1.54) is 12.1 Å². The second-order valence-electron chi connectivity index (χ2n) is 5.85. The lowest BCUT2D eigenvalue weighted by Gasteiger charge is -2.20. The van der Waals surface area contributed by atoms with Crippen LogP contribution < -0.4 is 5.73 Å². The average Bonchev–Trinajstić information content (AvgIpc) is 3.01. The van der Waals surface area contributed by atoms with Crippen LogP contribution in [0.25, 0.3) is 10.9 Å². The van der Waals surface area contributed by atoms with Gasteiger partial charge in [-0.15, -0.1) is 0 Å². The maximum atomic E-state index is 13.2. The van der Waals surface area contributed by atoms with Gasteiger partial charge in [0, 0.05) is 22.2 Å². The highest BCUT2D eigenvalue weighted by Crippen LogP contribution is 2.37. The number of halogens is 4. The number of nitriles is 2. The van der Waals surface area contributed by atoms with Crippen molar-refractivity contribution in [1.82, 2.24) is 10.2 Å². The summed E-state index contributed by atoms with van der Waals surface area (Å²) in [5.74, 6) is -1.44. The van der Waals surface area contributed by atoms with E-state index in [0.717, 1.165) is 6.92 Å². The van der Waals surface area contributed by atoms with Crippen molar-refractivity contribution >= 4 is 10.9 Å². The van der Waals surface area contributed by atoms with Crippen LogP contribution in [0.5, 0.6) is 0 Å². The molecular weight excluding hydrogens is 362 g/mol. The number of benzene rings is 1. The Morgan fingerprint density at radius 1 is 1.11 bits per heavy atom. The van der Waals surface area contributed by atoms with Crippen molar-refractivity contribution in [2.24, 2.45) is 5.73 Å². The van der Waals surface area contributed by atoms with Crippen molar-refractivity contribution in [1.29, 1.82) is 10.5 Å². The maximum Gasteiger partial charge on any atom is 0.278 e. The molecule has 0 radical (unpaired) electrons. The molecule has 0 fully saturated rings. The van der Waals surface area contributed by atoms with Gasteiger partial charge in [0.2, 0.25) is 0 Å². The standard InChI is InChI=1S/C18H15F4N5/c1-8(17(19)20)12(6-23)15(13(7-24)16(25)18(21)22)10-3-4-14-11(5-10)9(2)26-27-14/h3-5,15,17-18H,25H2,1-2H3,(H,26,27)/b12-8+,16-13-. The van der Waals surface area contributed by atoms with E-state index >= 15 is 0 Å². The maximum absolute atomic E-state index is 13.2. The zero-order valence-corrected chi connectivity index (χ0v) is 14.4. The van der Waals surface area contributed by atoms with Crippen LogP contribution in [0.4, 0.5) is 17.6 Å². The van der Waals surface area contributed by atoms with E-state index in [1.54, 1.807) is 25.1 Å². The number of nitrogens with one attached hydrogen (secondary N) is 1. The van der Waals surface area contributed by atoms with Gasteiger partial charge in [-0.3, -0.25) is 5.10 Å². The normalized spacial score (nSPS) is 14.6. The summed E-state index contributed by atoms with van der Waals surface area (Å²) in [7, 11) is 0. The summed E-state index contributed by atoms with van der Waals surface area (Å²) >= 11 is 0. The van der Waals surface area contributed by atoms with Crippen LogP contribution in [-0.2, 0) is 0 Å². The third-order valence-corrected chi connectivity index (χ3v) is 4.22. The number of H-pyrrole nitrogens is 1. The molecule has 27 heavy (non-hydrogen) atoms. The first kappa shape index (κ1) is 20.0. The average molecular weight is 377 g/mol. The number of allylic oxidation sites excluding steroid dienone is 4. The fourth-order valence-corrected chi connectivity index (χ4v) is 2.72. The molecule has 2 rings (SSSR count). The largest absolute Gasteiger partial charge is 0.397 e. The molecule has 1 aromatic heterocycles. The molecule has 0 aliphatic carbocycles. The summed E-state index contributed by atoms with van der Waals surface area (Å²) < 4.78 is 52.7. The van der Waals surface area contributed by atoms with Crippen LogP contribution in [0.1, 0.15) is 24.1 Å². The van der Waals surface area contributed by atoms with Crippen LogP contribution >= 0.6 is 0 Å². The SMILES string of the molecule is C/C(=C(/C#N)C(/C(C#N)=C(\N)C(F)F)c1ccc2n[nH]c(C)c2c1)C(F)F. The number of aromatic amines is 1. The van der Waals surface area contributed by atoms with Gasteiger partial charge in [-0.05, 0) is 31.5 Å². The van der Waals surface area contributed by atoms with Gasteiger partial charge in [0.15, 0.2) is 0 Å². The highest BCUT2D eigenvalue weighted by Gasteiger charge is 2.30. The Labute approximate surface area is 152 Å². The van der Waals surface area contributed by atoms with E-state index in [-0.39, 0.29) is 5.56 Å². The van der Waals surface area contributed by atoms with Crippen LogP contribution in [0, 0.1) is 29.6 Å². The van der Waals surface area contributed by atoms with Gasteiger partial charge in [-0.25, -0.2) is 17.6 Å². The molecule has 0 aliphatic heterocycles. The number of nitrogens with zero attached hydrogens (tertiary/aromatic N) is 3. The molecule has 140 valence electrons. The number of hydrogen-bond donors (Lipinski definition) is 2. The minimum atomic E-state index is -3.17. The van der Waals surface area contributed by atoms with E-state index in [0.29, 0.717) is 16.6 Å². The van der Waals surface area contributed by atoms with Gasteiger partial charge in [0.1, 0.15) is 0 Å². The molecule has 5 nitrogen and oxygen atoms in total. The number of alkyl halides is 4. The number of hydrogen-bond acceptors (Lipinski definition) is 4. The topological polar surface area (TPSA) is 102 Å². The Hall–Kier alpha value is -3.33. The number of rotatable bonds is 5. The Morgan fingerprint density at radius 3 is 2.26 bits per heavy atom. The summed E-state index contributed by atoms with van der Waals surface area (Å²) in [6, 6.07) is 7.71. The van der Waals surface area contributed by atoms with Crippen LogP contribution in [-0.4, -0.2) is 23.0 Å². The van der Waals surface area contributed by atoms with E-state index < -0.39 is 41.2 Å². The first-order valence-electron chi connectivity index (χ1n) is 7.74. The lowest BCUT2D eigenvalue weighted by molar-refractivity contribution is 0.186. The molecule has 1 heterocycles. The number of aromatic nitrogens is 2. The number of aryl methyl sites for hydroxylation is 1. The van der Waals surface area contributed by atoms with E-state index in [9.17, 15) is 28.1 Å². The number of fused-ring (bicyclic) bond motifs is 1. The van der Waals surface area contributed by atoms with Crippen molar-refractivity contribution in [3.8, 4) is 12.1 Å². The molecule has 0 spiro atoms. The molecule has 0 aliphatic rings. The molecule has 0 amide bonds. The minimum absolute atomic E-state index is 0.212. The molecule has 1 aromatic carbocycles. The summed E-state index contributed by atoms with van der Waals surface area (Å²) in [6.45, 7) is 2.74. The fourth-order valence-electron chi connectivity index (χ4n) is 2.72. The quantitative estimate of drug-likeness (QED) is 0.606. The predicted molar refractivity (Wildman–Crippen MR) is 90.7 cm³/mol. The molecular formula is C18H15F4N5. The molecule has 0 saturated heterocycles. The third kappa shape index (κ3) is 3.77. The van der Waals surface area contributed by atoms with E-state index in [2.05, 4.69) is 10.2 Å². The Balaban J connectivity index is 2.86. The summed E-state index contributed by atoms with van der Waals surface area (Å²) in [5, 5.41) is 26.2. The predicted octanol–water partition coefficient (Wildman–Crippen LogP) is 4.06. The second kappa shape index (κ2) is 7.92. The van der Waals surface area contributed by atoms with Crippen molar-refractivity contribution in [2.45, 2.75) is 32.6 Å². The summed E-state index contributed by atoms with van der Waals surface area (Å²) in [4.78, 5) is 0. The van der Waals surface area contributed by atoms with E-state index in [4.69, 9.17) is 5.73 Å². The van der Waals surface area contributed by atoms with Crippen LogP contribution in [0.15, 0.2) is 40.6 Å². The van der Waals surface area contributed by atoms with Gasteiger partial charge >= 0.3 is 0 Å². The molecule has 9 heteroatoms. The molecule has 0 bridgehead atoms. The molecule has 1 atom stereocenters. The first-order chi connectivity index (χ1) is 12.7. The Bertz CT molecular complexity index is 963. The first-order valence-corrected chi connectivity index (χ1v) is 7.74. The minimum Gasteiger partial charge on any atom is -0.397 e. The monoisotopic (exact) mass is 377 g/mol. The van der Waals surface area contributed by atoms with Crippen LogP contribution in [0.3, 0.4) is 0 Å². The third-order valence-electron chi connectivity index (χ3n) is 4.22. The Kier molecular flexibility index (Phi) is 5.86. The van der Waals surface area contributed by atoms with Gasteiger partial charge in [-0.2, -0.15) is 15.6 Å². The summed E-state index contributed by atoms with van der Waals surface area (Å²) in [5.41, 5.74) is 4.00. The lowest BCUT2D eigenvalue weighted by atomic mass is 9.82. The van der Waals surface area contributed by atoms with Crippen molar-refractivity contribution < 1.29 is 17.6 Å². The van der Waals surface area contributed by atoms with Crippen molar-refractivity contribution in [3.05, 3.63) is 51.9 Å². The van der Waals surface area contributed by atoms with Gasteiger partial charge in [0.05, 0.1) is 34.8 Å². The summed E-state index contributed by atoms with van der Waals surface area (Å²) in [6.07, 6.45) is -6.16. The second-order valence-corrected chi connectivity index (χ2v) is 5.85. The highest BCUT2D eigenvalue weighted by molar-refractivity contribution is 5.82. The van der Waals surface area contributed by atoms with Crippen LogP contribution in [0.2, 0.25) is 0 Å². The van der Waals surface area contributed by atoms with Crippen molar-refractivity contribution in [3.63, 3.8) is 0 Å². The smallest absolute Gasteiger partial charge is 0.278 e. The van der Waals surface area contributed by atoms with Gasteiger partial charge in [0.25, 0.3) is 12.9 Å². The molecule has 2 aromatic rings. The van der Waals surface area contributed by atoms with Gasteiger partial charge in [-0.1, -0.05) is 6.07 Å². The van der Waals surface area contributed by atoms with E-state index in [1.807, 2.05) is 0 Å². The highest BCUT2D eigenvalue weighted by atomic mass is 19.3. The molecule has 0 saturated carbocycles. The number of nitrogens with two attached hydrogens (primary N) is 1. The fraction of sp³-hybridized carbons (Fsp3) is 0.278. The zero-order valence-electron chi connectivity index (χ0n) is 14.4. The Morgan fingerprint density at radius 2 is 1.74 bits per heavy atom. The molecule has 3 N–H and O–H groups in total. The lowest BCUT2D eigenvalue weighted by Crippen LogP contribution is -2.18. The zero-order chi connectivity index (χ0) is 20.3.